The summed E-state index contributed by atoms with van der Waals surface area (Å²) in [6.07, 6.45) is 6.17. The number of aromatic nitrogens is 2. The van der Waals surface area contributed by atoms with Gasteiger partial charge in [-0.2, -0.15) is 5.10 Å². The normalized spacial score (nSPS) is 16.3. The van der Waals surface area contributed by atoms with Crippen molar-refractivity contribution in [2.75, 3.05) is 0 Å². The minimum atomic E-state index is 0.0884. The van der Waals surface area contributed by atoms with E-state index < -0.39 is 0 Å². The molecule has 1 aliphatic rings. The maximum Gasteiger partial charge on any atom is 0.189 e. The van der Waals surface area contributed by atoms with Gasteiger partial charge in [-0.1, -0.05) is 11.6 Å². The Morgan fingerprint density at radius 3 is 3.00 bits per heavy atom. The fraction of sp³-hybridized carbons (Fsp3) is 0.143. The number of aryl methyl sites for hydroxylation is 1. The van der Waals surface area contributed by atoms with E-state index in [0.29, 0.717) is 11.4 Å². The Kier molecular flexibility index (Phi) is 2.56. The fourth-order valence-electron chi connectivity index (χ4n) is 2.22. The van der Waals surface area contributed by atoms with Gasteiger partial charge in [-0.15, -0.1) is 0 Å². The van der Waals surface area contributed by atoms with E-state index in [-0.39, 0.29) is 5.78 Å². The second kappa shape index (κ2) is 4.10. The number of carbonyl (C=O) groups excluding carboxylic acids is 1. The molecular weight excluding hydrogens is 248 g/mol. The van der Waals surface area contributed by atoms with E-state index in [9.17, 15) is 4.79 Å². The zero-order valence-electron chi connectivity index (χ0n) is 9.85. The van der Waals surface area contributed by atoms with Crippen LogP contribution in [-0.2, 0) is 13.5 Å². The number of benzene rings is 1. The minimum Gasteiger partial charge on any atom is -0.289 e. The van der Waals surface area contributed by atoms with Gasteiger partial charge in [0.1, 0.15) is 0 Å². The zero-order valence-corrected chi connectivity index (χ0v) is 10.6. The Hall–Kier alpha value is -1.87. The second-order valence-corrected chi connectivity index (χ2v) is 4.86. The number of fused-ring (bicyclic) bond motifs is 1. The summed E-state index contributed by atoms with van der Waals surface area (Å²) in [6, 6.07) is 5.41. The first-order valence-corrected chi connectivity index (χ1v) is 6.03. The molecule has 0 unspecified atom stereocenters. The first kappa shape index (κ1) is 11.2. The monoisotopic (exact) mass is 258 g/mol. The first-order valence-electron chi connectivity index (χ1n) is 5.66. The molecule has 0 radical (unpaired) electrons. The standard InChI is InChI=1S/C14H11ClN2O/c1-17-8-9(7-16-17)4-11-5-10-6-12(15)2-3-13(10)14(11)18/h2-4,6-8H,5H2,1H3/b11-4-. The molecule has 0 aliphatic heterocycles. The molecule has 0 saturated heterocycles. The molecule has 1 aromatic heterocycles. The molecule has 0 saturated carbocycles. The predicted octanol–water partition coefficient (Wildman–Crippen LogP) is 2.90. The summed E-state index contributed by atoms with van der Waals surface area (Å²) in [5, 5.41) is 4.76. The van der Waals surface area contributed by atoms with Crippen molar-refractivity contribution in [3.63, 3.8) is 0 Å². The SMILES string of the molecule is Cn1cc(/C=C2/Cc3cc(Cl)ccc3C2=O)cn1. The highest BCUT2D eigenvalue weighted by molar-refractivity contribution is 6.31. The maximum absolute atomic E-state index is 12.2. The number of nitrogens with zero attached hydrogens (tertiary/aromatic N) is 2. The van der Waals surface area contributed by atoms with Crippen LogP contribution in [0.4, 0.5) is 0 Å². The minimum absolute atomic E-state index is 0.0884. The average molecular weight is 259 g/mol. The smallest absolute Gasteiger partial charge is 0.189 e. The van der Waals surface area contributed by atoms with Crippen molar-refractivity contribution in [1.29, 1.82) is 0 Å². The number of rotatable bonds is 1. The molecule has 1 heterocycles. The molecule has 4 heteroatoms. The third-order valence-corrected chi connectivity index (χ3v) is 3.29. The molecule has 2 aromatic rings. The van der Waals surface area contributed by atoms with E-state index in [1.807, 2.05) is 25.4 Å². The lowest BCUT2D eigenvalue weighted by molar-refractivity contribution is 0.104. The first-order chi connectivity index (χ1) is 8.63. The van der Waals surface area contributed by atoms with E-state index >= 15 is 0 Å². The number of carbonyl (C=O) groups is 1. The summed E-state index contributed by atoms with van der Waals surface area (Å²) >= 11 is 5.94. The summed E-state index contributed by atoms with van der Waals surface area (Å²) in [4.78, 5) is 12.2. The number of hydrogen-bond donors (Lipinski definition) is 0. The van der Waals surface area contributed by atoms with E-state index in [0.717, 1.165) is 22.3 Å². The van der Waals surface area contributed by atoms with Gasteiger partial charge in [-0.3, -0.25) is 9.48 Å². The molecule has 1 aromatic carbocycles. The molecule has 1 aliphatic carbocycles. The third kappa shape index (κ3) is 1.87. The number of Topliss-reactive ketones (excluding diaryl/α,β-unsaturated/α-hetero) is 1. The van der Waals surface area contributed by atoms with Crippen LogP contribution in [-0.4, -0.2) is 15.6 Å². The highest BCUT2D eigenvalue weighted by Crippen LogP contribution is 2.29. The fourth-order valence-corrected chi connectivity index (χ4v) is 2.42. The molecule has 90 valence electrons. The van der Waals surface area contributed by atoms with E-state index in [1.54, 1.807) is 23.0 Å². The van der Waals surface area contributed by atoms with Crippen molar-refractivity contribution in [3.05, 3.63) is 57.9 Å². The number of allylic oxidation sites excluding steroid dienone is 1. The molecular formula is C14H11ClN2O. The molecule has 3 rings (SSSR count). The highest BCUT2D eigenvalue weighted by atomic mass is 35.5. The molecule has 18 heavy (non-hydrogen) atoms. The molecule has 0 fully saturated rings. The van der Waals surface area contributed by atoms with E-state index in [2.05, 4.69) is 5.10 Å². The lowest BCUT2D eigenvalue weighted by atomic mass is 10.1. The molecule has 0 bridgehead atoms. The molecule has 0 spiro atoms. The van der Waals surface area contributed by atoms with Crippen molar-refractivity contribution >= 4 is 23.5 Å². The summed E-state index contributed by atoms with van der Waals surface area (Å²) in [5.74, 6) is 0.0884. The van der Waals surface area contributed by atoms with Crippen LogP contribution in [0.25, 0.3) is 6.08 Å². The molecule has 0 atom stereocenters. The Balaban J connectivity index is 1.99. The van der Waals surface area contributed by atoms with Gasteiger partial charge >= 0.3 is 0 Å². The van der Waals surface area contributed by atoms with Crippen LogP contribution in [0, 0.1) is 0 Å². The van der Waals surface area contributed by atoms with E-state index in [1.165, 1.54) is 0 Å². The molecule has 0 amide bonds. The van der Waals surface area contributed by atoms with Gasteiger partial charge in [0.15, 0.2) is 5.78 Å². The lowest BCUT2D eigenvalue weighted by Gasteiger charge is -1.95. The van der Waals surface area contributed by atoms with Crippen LogP contribution in [0.3, 0.4) is 0 Å². The van der Waals surface area contributed by atoms with Crippen LogP contribution in [0.5, 0.6) is 0 Å². The Morgan fingerprint density at radius 2 is 2.28 bits per heavy atom. The van der Waals surface area contributed by atoms with Crippen LogP contribution in [0.1, 0.15) is 21.5 Å². The van der Waals surface area contributed by atoms with Gasteiger partial charge in [0.2, 0.25) is 0 Å². The maximum atomic E-state index is 12.2. The van der Waals surface area contributed by atoms with Crippen molar-refractivity contribution in [3.8, 4) is 0 Å². The molecule has 3 nitrogen and oxygen atoms in total. The van der Waals surface area contributed by atoms with Crippen LogP contribution < -0.4 is 0 Å². The van der Waals surface area contributed by atoms with Crippen LogP contribution >= 0.6 is 11.6 Å². The van der Waals surface area contributed by atoms with Crippen molar-refractivity contribution < 1.29 is 4.79 Å². The second-order valence-electron chi connectivity index (χ2n) is 4.42. The summed E-state index contributed by atoms with van der Waals surface area (Å²) in [7, 11) is 1.85. The van der Waals surface area contributed by atoms with Gasteiger partial charge < -0.3 is 0 Å². The van der Waals surface area contributed by atoms with Gasteiger partial charge in [0.25, 0.3) is 0 Å². The van der Waals surface area contributed by atoms with Crippen molar-refractivity contribution in [1.82, 2.24) is 9.78 Å². The quantitative estimate of drug-likeness (QED) is 0.737. The van der Waals surface area contributed by atoms with Gasteiger partial charge in [-0.25, -0.2) is 0 Å². The van der Waals surface area contributed by atoms with Crippen LogP contribution in [0.15, 0.2) is 36.2 Å². The summed E-state index contributed by atoms with van der Waals surface area (Å²) in [6.45, 7) is 0. The van der Waals surface area contributed by atoms with Crippen molar-refractivity contribution in [2.24, 2.45) is 7.05 Å². The zero-order chi connectivity index (χ0) is 12.7. The van der Waals surface area contributed by atoms with Gasteiger partial charge in [-0.05, 0) is 29.8 Å². The number of halogens is 1. The van der Waals surface area contributed by atoms with Crippen LogP contribution in [0.2, 0.25) is 5.02 Å². The number of hydrogen-bond acceptors (Lipinski definition) is 2. The predicted molar refractivity (Wildman–Crippen MR) is 70.7 cm³/mol. The summed E-state index contributed by atoms with van der Waals surface area (Å²) < 4.78 is 1.72. The average Bonchev–Trinajstić information content (AvgIpc) is 2.85. The lowest BCUT2D eigenvalue weighted by Crippen LogP contribution is -1.94. The topological polar surface area (TPSA) is 34.9 Å². The van der Waals surface area contributed by atoms with Gasteiger partial charge in [0, 0.05) is 41.4 Å². The number of ketones is 1. The largest absolute Gasteiger partial charge is 0.289 e. The Morgan fingerprint density at radius 1 is 1.44 bits per heavy atom. The Labute approximate surface area is 110 Å². The highest BCUT2D eigenvalue weighted by Gasteiger charge is 2.24. The van der Waals surface area contributed by atoms with E-state index in [4.69, 9.17) is 11.6 Å². The van der Waals surface area contributed by atoms with Crippen molar-refractivity contribution in [2.45, 2.75) is 6.42 Å². The Bertz CT molecular complexity index is 670. The summed E-state index contributed by atoms with van der Waals surface area (Å²) in [5.41, 5.74) is 3.50. The third-order valence-electron chi connectivity index (χ3n) is 3.05. The molecule has 0 N–H and O–H groups in total. The van der Waals surface area contributed by atoms with Gasteiger partial charge in [0.05, 0.1) is 6.20 Å².